The van der Waals surface area contributed by atoms with Crippen LogP contribution in [-0.2, 0) is 9.59 Å². The van der Waals surface area contributed by atoms with Gasteiger partial charge in [-0.1, -0.05) is 35.9 Å². The fourth-order valence-electron chi connectivity index (χ4n) is 2.74. The molecule has 0 radical (unpaired) electrons. The van der Waals surface area contributed by atoms with E-state index in [1.807, 2.05) is 0 Å². The number of likely N-dealkylation sites (N-methyl/N-ethyl adjacent to an activating group) is 1. The van der Waals surface area contributed by atoms with Crippen molar-refractivity contribution in [3.05, 3.63) is 65.2 Å². The Morgan fingerprint density at radius 3 is 2.54 bits per heavy atom. The van der Waals surface area contributed by atoms with E-state index in [1.54, 1.807) is 54.6 Å². The van der Waals surface area contributed by atoms with E-state index in [4.69, 9.17) is 23.8 Å². The molecule has 1 saturated heterocycles. The van der Waals surface area contributed by atoms with Crippen molar-refractivity contribution >= 4 is 52.3 Å². The lowest BCUT2D eigenvalue weighted by molar-refractivity contribution is -0.130. The fourth-order valence-corrected chi connectivity index (χ4v) is 3.20. The molecule has 0 aromatic heterocycles. The molecule has 1 aliphatic heterocycles. The van der Waals surface area contributed by atoms with Gasteiger partial charge in [0.2, 0.25) is 5.91 Å². The summed E-state index contributed by atoms with van der Waals surface area (Å²) < 4.78 is 0. The summed E-state index contributed by atoms with van der Waals surface area (Å²) in [4.78, 5) is 38.7. The molecule has 1 atom stereocenters. The van der Waals surface area contributed by atoms with Gasteiger partial charge in [-0.2, -0.15) is 0 Å². The van der Waals surface area contributed by atoms with Crippen molar-refractivity contribution in [2.75, 3.05) is 12.4 Å². The molecule has 1 heterocycles. The molecule has 28 heavy (non-hydrogen) atoms. The summed E-state index contributed by atoms with van der Waals surface area (Å²) in [5.41, 5.74) is 3.55. The van der Waals surface area contributed by atoms with Crippen LogP contribution >= 0.6 is 23.8 Å². The van der Waals surface area contributed by atoms with Crippen LogP contribution in [-0.4, -0.2) is 45.8 Å². The summed E-state index contributed by atoms with van der Waals surface area (Å²) in [6, 6.07) is 14.3. The second kappa shape index (κ2) is 8.37. The van der Waals surface area contributed by atoms with Crippen molar-refractivity contribution < 1.29 is 14.4 Å². The van der Waals surface area contributed by atoms with Crippen LogP contribution in [0.3, 0.4) is 0 Å². The standard InChI is InChI=1S/C19H17ClN4O3S/c1-23-18(27)15(11-16(25)21-14-9-5-8-13(20)10-14)24(19(23)28)22-17(26)12-6-3-2-4-7-12/h2-10,15H,11H2,1H3,(H,21,25)(H,22,26). The first kappa shape index (κ1) is 19.8. The van der Waals surface area contributed by atoms with Crippen molar-refractivity contribution in [2.45, 2.75) is 12.5 Å². The molecule has 144 valence electrons. The second-order valence-corrected chi connectivity index (χ2v) is 6.94. The van der Waals surface area contributed by atoms with Gasteiger partial charge in [-0.3, -0.25) is 24.7 Å². The highest BCUT2D eigenvalue weighted by molar-refractivity contribution is 7.80. The van der Waals surface area contributed by atoms with Crippen LogP contribution in [0.15, 0.2) is 54.6 Å². The zero-order valence-electron chi connectivity index (χ0n) is 14.9. The van der Waals surface area contributed by atoms with E-state index in [1.165, 1.54) is 17.0 Å². The SMILES string of the molecule is CN1C(=O)C(CC(=O)Nc2cccc(Cl)c2)N(NC(=O)c2ccccc2)C1=S. The molecule has 7 nitrogen and oxygen atoms in total. The summed E-state index contributed by atoms with van der Waals surface area (Å²) >= 11 is 11.2. The minimum Gasteiger partial charge on any atom is -0.326 e. The molecular weight excluding hydrogens is 400 g/mol. The van der Waals surface area contributed by atoms with Crippen molar-refractivity contribution in [3.63, 3.8) is 0 Å². The topological polar surface area (TPSA) is 81.8 Å². The molecule has 0 saturated carbocycles. The Hall–Kier alpha value is -2.97. The highest BCUT2D eigenvalue weighted by atomic mass is 35.5. The molecule has 0 spiro atoms. The average molecular weight is 417 g/mol. The lowest BCUT2D eigenvalue weighted by Crippen LogP contribution is -2.49. The molecule has 1 unspecified atom stereocenters. The number of carbonyl (C=O) groups excluding carboxylic acids is 3. The number of nitrogens with zero attached hydrogens (tertiary/aromatic N) is 2. The maximum Gasteiger partial charge on any atom is 0.269 e. The van der Waals surface area contributed by atoms with Crippen molar-refractivity contribution in [2.24, 2.45) is 0 Å². The quantitative estimate of drug-likeness (QED) is 0.732. The van der Waals surface area contributed by atoms with E-state index in [-0.39, 0.29) is 17.4 Å². The first-order valence-electron chi connectivity index (χ1n) is 8.39. The van der Waals surface area contributed by atoms with Crippen LogP contribution < -0.4 is 10.7 Å². The van der Waals surface area contributed by atoms with Crippen LogP contribution in [0.2, 0.25) is 5.02 Å². The van der Waals surface area contributed by atoms with Gasteiger partial charge in [0.25, 0.3) is 11.8 Å². The minimum atomic E-state index is -0.940. The van der Waals surface area contributed by atoms with Crippen molar-refractivity contribution in [1.82, 2.24) is 15.3 Å². The predicted octanol–water partition coefficient (Wildman–Crippen LogP) is 2.44. The number of halogens is 1. The number of benzene rings is 2. The molecule has 9 heteroatoms. The number of anilines is 1. The van der Waals surface area contributed by atoms with Gasteiger partial charge >= 0.3 is 0 Å². The van der Waals surface area contributed by atoms with Gasteiger partial charge < -0.3 is 5.32 Å². The number of carbonyl (C=O) groups is 3. The van der Waals surface area contributed by atoms with Crippen LogP contribution in [0.4, 0.5) is 5.69 Å². The van der Waals surface area contributed by atoms with Gasteiger partial charge in [-0.05, 0) is 42.5 Å². The number of hydrazine groups is 1. The molecular formula is C19H17ClN4O3S. The maximum atomic E-state index is 12.5. The third-order valence-electron chi connectivity index (χ3n) is 4.17. The Balaban J connectivity index is 1.73. The Kier molecular flexibility index (Phi) is 5.91. The number of hydrogen-bond acceptors (Lipinski definition) is 4. The lowest BCUT2D eigenvalue weighted by Gasteiger charge is -2.24. The van der Waals surface area contributed by atoms with Gasteiger partial charge in [0.15, 0.2) is 5.11 Å². The van der Waals surface area contributed by atoms with Gasteiger partial charge in [0.1, 0.15) is 6.04 Å². The number of rotatable bonds is 5. The van der Waals surface area contributed by atoms with Crippen LogP contribution in [0.5, 0.6) is 0 Å². The van der Waals surface area contributed by atoms with E-state index >= 15 is 0 Å². The number of thiocarbonyl (C=S) groups is 1. The smallest absolute Gasteiger partial charge is 0.269 e. The Bertz CT molecular complexity index is 938. The summed E-state index contributed by atoms with van der Waals surface area (Å²) in [5, 5.41) is 4.54. The summed E-state index contributed by atoms with van der Waals surface area (Å²) in [6.45, 7) is 0. The second-order valence-electron chi connectivity index (χ2n) is 6.14. The van der Waals surface area contributed by atoms with Gasteiger partial charge in [0, 0.05) is 23.3 Å². The fraction of sp³-hybridized carbons (Fsp3) is 0.158. The molecule has 2 N–H and O–H groups in total. The highest BCUT2D eigenvalue weighted by Crippen LogP contribution is 2.20. The first-order valence-corrected chi connectivity index (χ1v) is 9.17. The van der Waals surface area contributed by atoms with Gasteiger partial charge in [0.05, 0.1) is 6.42 Å². The van der Waals surface area contributed by atoms with Crippen LogP contribution in [0, 0.1) is 0 Å². The van der Waals surface area contributed by atoms with E-state index < -0.39 is 17.9 Å². The van der Waals surface area contributed by atoms with E-state index in [0.29, 0.717) is 16.3 Å². The highest BCUT2D eigenvalue weighted by Gasteiger charge is 2.42. The molecule has 1 fully saturated rings. The Morgan fingerprint density at radius 1 is 1.14 bits per heavy atom. The zero-order valence-corrected chi connectivity index (χ0v) is 16.5. The van der Waals surface area contributed by atoms with E-state index in [0.717, 1.165) is 0 Å². The molecule has 0 aliphatic carbocycles. The van der Waals surface area contributed by atoms with Gasteiger partial charge in [-0.25, -0.2) is 5.01 Å². The normalized spacial score (nSPS) is 16.3. The summed E-state index contributed by atoms with van der Waals surface area (Å²) in [7, 11) is 1.50. The average Bonchev–Trinajstić information content (AvgIpc) is 2.87. The summed E-state index contributed by atoms with van der Waals surface area (Å²) in [5.74, 6) is -1.21. The van der Waals surface area contributed by atoms with E-state index in [9.17, 15) is 14.4 Å². The lowest BCUT2D eigenvalue weighted by atomic mass is 10.2. The predicted molar refractivity (Wildman–Crippen MR) is 110 cm³/mol. The third-order valence-corrected chi connectivity index (χ3v) is 4.87. The third kappa shape index (κ3) is 4.29. The van der Waals surface area contributed by atoms with Crippen molar-refractivity contribution in [3.8, 4) is 0 Å². The van der Waals surface area contributed by atoms with Crippen LogP contribution in [0.25, 0.3) is 0 Å². The monoisotopic (exact) mass is 416 g/mol. The number of amides is 3. The first-order chi connectivity index (χ1) is 13.4. The number of nitrogens with one attached hydrogen (secondary N) is 2. The Morgan fingerprint density at radius 2 is 1.86 bits per heavy atom. The molecule has 2 aromatic carbocycles. The van der Waals surface area contributed by atoms with E-state index in [2.05, 4.69) is 10.7 Å². The Labute approximate surface area is 172 Å². The molecule has 2 aromatic rings. The minimum absolute atomic E-state index is 0.120. The zero-order chi connectivity index (χ0) is 20.3. The molecule has 3 amide bonds. The largest absolute Gasteiger partial charge is 0.326 e. The van der Waals surface area contributed by atoms with Gasteiger partial charge in [-0.15, -0.1) is 0 Å². The summed E-state index contributed by atoms with van der Waals surface area (Å²) in [6.07, 6.45) is -0.190. The molecule has 0 bridgehead atoms. The molecule has 3 rings (SSSR count). The maximum absolute atomic E-state index is 12.5. The van der Waals surface area contributed by atoms with Crippen LogP contribution in [0.1, 0.15) is 16.8 Å². The number of hydrogen-bond donors (Lipinski definition) is 2. The van der Waals surface area contributed by atoms with Crippen molar-refractivity contribution in [1.29, 1.82) is 0 Å². The molecule has 1 aliphatic rings.